The summed E-state index contributed by atoms with van der Waals surface area (Å²) in [6.07, 6.45) is 0. The molecule has 2 rings (SSSR count). The minimum Gasteiger partial charge on any atom is -0.452 e. The van der Waals surface area contributed by atoms with Crippen LogP contribution in [0.1, 0.15) is 28.4 Å². The van der Waals surface area contributed by atoms with Crippen LogP contribution in [-0.4, -0.2) is 31.1 Å². The molecule has 2 aromatic rings. The first-order valence-electron chi connectivity index (χ1n) is 8.49. The van der Waals surface area contributed by atoms with Crippen LogP contribution in [0.4, 0.5) is 4.79 Å². The molecular weight excluding hydrogens is 378 g/mol. The summed E-state index contributed by atoms with van der Waals surface area (Å²) in [6, 6.07) is 15.5. The summed E-state index contributed by atoms with van der Waals surface area (Å²) in [5.41, 5.74) is 1.93. The van der Waals surface area contributed by atoms with Crippen LogP contribution >= 0.6 is 11.8 Å². The highest BCUT2D eigenvalue weighted by molar-refractivity contribution is 7.98. The molecule has 0 heterocycles. The molecular formula is C20H19N3O4S. The number of benzene rings is 2. The number of urea groups is 1. The van der Waals surface area contributed by atoms with Crippen LogP contribution in [0.15, 0.2) is 53.4 Å². The lowest BCUT2D eigenvalue weighted by Crippen LogP contribution is -2.41. The number of nitrogens with zero attached hydrogens (tertiary/aromatic N) is 1. The lowest BCUT2D eigenvalue weighted by atomic mass is 10.2. The summed E-state index contributed by atoms with van der Waals surface area (Å²) in [4.78, 5) is 35.9. The minimum atomic E-state index is -0.706. The molecule has 0 fully saturated rings. The van der Waals surface area contributed by atoms with E-state index < -0.39 is 24.5 Å². The van der Waals surface area contributed by atoms with E-state index in [-0.39, 0.29) is 0 Å². The van der Waals surface area contributed by atoms with Crippen molar-refractivity contribution in [2.24, 2.45) is 0 Å². The molecule has 0 radical (unpaired) electrons. The molecule has 2 aromatic carbocycles. The number of esters is 1. The van der Waals surface area contributed by atoms with Gasteiger partial charge in [0.15, 0.2) is 6.61 Å². The summed E-state index contributed by atoms with van der Waals surface area (Å²) in [6.45, 7) is 1.55. The van der Waals surface area contributed by atoms with Crippen molar-refractivity contribution in [3.8, 4) is 6.07 Å². The summed E-state index contributed by atoms with van der Waals surface area (Å²) in [5.74, 6) is -0.746. The van der Waals surface area contributed by atoms with Crippen LogP contribution in [0, 0.1) is 11.3 Å². The highest BCUT2D eigenvalue weighted by Crippen LogP contribution is 2.27. The molecule has 144 valence electrons. The van der Waals surface area contributed by atoms with Gasteiger partial charge in [0.1, 0.15) is 0 Å². The van der Waals surface area contributed by atoms with Gasteiger partial charge in [0.05, 0.1) is 17.2 Å². The fourth-order valence-electron chi connectivity index (χ4n) is 2.17. The normalized spacial score (nSPS) is 9.86. The van der Waals surface area contributed by atoms with Gasteiger partial charge in [-0.2, -0.15) is 5.26 Å². The number of thioether (sulfide) groups is 1. The molecule has 0 aliphatic rings. The largest absolute Gasteiger partial charge is 0.452 e. The van der Waals surface area contributed by atoms with Crippen LogP contribution in [0.2, 0.25) is 0 Å². The molecule has 2 N–H and O–H groups in total. The Morgan fingerprint density at radius 1 is 1.11 bits per heavy atom. The molecule has 0 bridgehead atoms. The molecule has 0 aromatic heterocycles. The van der Waals surface area contributed by atoms with Gasteiger partial charge in [-0.1, -0.05) is 24.3 Å². The van der Waals surface area contributed by atoms with E-state index in [9.17, 15) is 14.4 Å². The Bertz CT molecular complexity index is 891. The third-order valence-electron chi connectivity index (χ3n) is 3.51. The van der Waals surface area contributed by atoms with Gasteiger partial charge in [0.2, 0.25) is 0 Å². The molecule has 28 heavy (non-hydrogen) atoms. The Hall–Kier alpha value is -3.31. The number of carbonyl (C=O) groups is 3. The van der Waals surface area contributed by atoms with Crippen LogP contribution in [0.3, 0.4) is 0 Å². The van der Waals surface area contributed by atoms with Gasteiger partial charge in [-0.15, -0.1) is 11.8 Å². The van der Waals surface area contributed by atoms with Crippen molar-refractivity contribution in [2.75, 3.05) is 13.2 Å². The summed E-state index contributed by atoms with van der Waals surface area (Å²) >= 11 is 1.45. The molecule has 0 spiro atoms. The van der Waals surface area contributed by atoms with Gasteiger partial charge in [-0.3, -0.25) is 10.1 Å². The van der Waals surface area contributed by atoms with Gasteiger partial charge < -0.3 is 10.1 Å². The van der Waals surface area contributed by atoms with Gasteiger partial charge >= 0.3 is 12.0 Å². The maximum atomic E-state index is 12.3. The van der Waals surface area contributed by atoms with E-state index >= 15 is 0 Å². The predicted molar refractivity (Wildman–Crippen MR) is 105 cm³/mol. The number of carbonyl (C=O) groups excluding carboxylic acids is 3. The Morgan fingerprint density at radius 3 is 2.50 bits per heavy atom. The zero-order valence-electron chi connectivity index (χ0n) is 15.2. The lowest BCUT2D eigenvalue weighted by molar-refractivity contribution is -0.123. The molecule has 3 amide bonds. The van der Waals surface area contributed by atoms with Crippen molar-refractivity contribution in [1.82, 2.24) is 10.6 Å². The minimum absolute atomic E-state index is 0.340. The number of nitrogens with one attached hydrogen (secondary N) is 2. The van der Waals surface area contributed by atoms with Crippen LogP contribution < -0.4 is 10.6 Å². The molecule has 7 nitrogen and oxygen atoms in total. The molecule has 8 heteroatoms. The second-order valence-corrected chi connectivity index (χ2v) is 6.59. The molecule has 0 saturated carbocycles. The summed E-state index contributed by atoms with van der Waals surface area (Å²) in [7, 11) is 0. The smallest absolute Gasteiger partial charge is 0.339 e. The SMILES string of the molecule is CCNC(=O)NC(=O)COC(=O)c1ccccc1SCc1ccc(C#N)cc1. The van der Waals surface area contributed by atoms with Crippen LogP contribution in [0.5, 0.6) is 0 Å². The van der Waals surface area contributed by atoms with Crippen molar-refractivity contribution in [3.63, 3.8) is 0 Å². The molecule has 0 atom stereocenters. The summed E-state index contributed by atoms with van der Waals surface area (Å²) in [5, 5.41) is 13.3. The quantitative estimate of drug-likeness (QED) is 0.549. The number of ether oxygens (including phenoxy) is 1. The zero-order chi connectivity index (χ0) is 20.4. The highest BCUT2D eigenvalue weighted by Gasteiger charge is 2.15. The number of nitriles is 1. The third kappa shape index (κ3) is 6.45. The van der Waals surface area contributed by atoms with E-state index in [1.54, 1.807) is 43.3 Å². The first-order chi connectivity index (χ1) is 13.5. The first-order valence-corrected chi connectivity index (χ1v) is 9.47. The van der Waals surface area contributed by atoms with E-state index in [4.69, 9.17) is 10.00 Å². The Labute approximate surface area is 167 Å². The van der Waals surface area contributed by atoms with Gasteiger partial charge in [-0.05, 0) is 36.8 Å². The van der Waals surface area contributed by atoms with Crippen LogP contribution in [0.25, 0.3) is 0 Å². The zero-order valence-corrected chi connectivity index (χ0v) is 16.0. The number of imide groups is 1. The number of hydrogen-bond donors (Lipinski definition) is 2. The average molecular weight is 397 g/mol. The van der Waals surface area contributed by atoms with Crippen molar-refractivity contribution >= 4 is 29.7 Å². The predicted octanol–water partition coefficient (Wildman–Crippen LogP) is 2.85. The maximum absolute atomic E-state index is 12.3. The molecule has 0 aliphatic heterocycles. The second kappa shape index (κ2) is 10.7. The van der Waals surface area contributed by atoms with Gasteiger partial charge in [0, 0.05) is 17.2 Å². The summed E-state index contributed by atoms with van der Waals surface area (Å²) < 4.78 is 5.01. The van der Waals surface area contributed by atoms with E-state index in [0.717, 1.165) is 5.56 Å². The van der Waals surface area contributed by atoms with Gasteiger partial charge in [-0.25, -0.2) is 9.59 Å². The fourth-order valence-corrected chi connectivity index (χ4v) is 3.17. The van der Waals surface area contributed by atoms with Crippen molar-refractivity contribution < 1.29 is 19.1 Å². The number of amides is 3. The lowest BCUT2D eigenvalue weighted by Gasteiger charge is -2.10. The van der Waals surface area contributed by atoms with Gasteiger partial charge in [0.25, 0.3) is 5.91 Å². The average Bonchev–Trinajstić information content (AvgIpc) is 2.71. The highest BCUT2D eigenvalue weighted by atomic mass is 32.2. The van der Waals surface area contributed by atoms with Crippen molar-refractivity contribution in [1.29, 1.82) is 5.26 Å². The topological polar surface area (TPSA) is 108 Å². The Balaban J connectivity index is 1.94. The number of hydrogen-bond acceptors (Lipinski definition) is 6. The van der Waals surface area contributed by atoms with E-state index in [1.807, 2.05) is 12.1 Å². The monoisotopic (exact) mass is 397 g/mol. The molecule has 0 aliphatic carbocycles. The van der Waals surface area contributed by atoms with E-state index in [2.05, 4.69) is 16.7 Å². The first kappa shape index (κ1) is 21.0. The van der Waals surface area contributed by atoms with Crippen LogP contribution in [-0.2, 0) is 15.3 Å². The Kier molecular flexibility index (Phi) is 8.06. The molecule has 0 saturated heterocycles. The van der Waals surface area contributed by atoms with Crippen molar-refractivity contribution in [2.45, 2.75) is 17.6 Å². The second-order valence-electron chi connectivity index (χ2n) is 5.58. The maximum Gasteiger partial charge on any atom is 0.339 e. The van der Waals surface area contributed by atoms with E-state index in [0.29, 0.717) is 28.3 Å². The number of rotatable bonds is 7. The third-order valence-corrected chi connectivity index (χ3v) is 4.65. The van der Waals surface area contributed by atoms with Crippen molar-refractivity contribution in [3.05, 3.63) is 65.2 Å². The standard InChI is InChI=1S/C20H19N3O4S/c1-2-22-20(26)23-18(24)12-27-19(25)16-5-3-4-6-17(16)28-13-15-9-7-14(11-21)8-10-15/h3-10H,2,12-13H2,1H3,(H2,22,23,24,26). The Morgan fingerprint density at radius 2 is 1.82 bits per heavy atom. The molecule has 0 unspecified atom stereocenters. The fraction of sp³-hybridized carbons (Fsp3) is 0.200. The van der Waals surface area contributed by atoms with E-state index in [1.165, 1.54) is 11.8 Å².